The van der Waals surface area contributed by atoms with Crippen molar-refractivity contribution in [1.29, 1.82) is 0 Å². The zero-order chi connectivity index (χ0) is 26.6. The second kappa shape index (κ2) is 13.7. The molecule has 5 N–H and O–H groups in total. The number of hydrogen-bond acceptors (Lipinski definition) is 7. The number of aliphatic hydroxyl groups is 2. The Balaban J connectivity index is 1.51. The average Bonchev–Trinajstić information content (AvgIpc) is 2.91. The largest absolute Gasteiger partial charge is 0.391 e. The number of carbonyl (C=O) groups excluding carboxylic acids is 3. The van der Waals surface area contributed by atoms with E-state index in [2.05, 4.69) is 32.8 Å². The number of Topliss-reactive ketones (excluding diaryl/α,β-unsaturated/α-hetero) is 1. The molecule has 2 aromatic carbocycles. The van der Waals surface area contributed by atoms with Crippen LogP contribution in [0.1, 0.15) is 34.0 Å². The maximum absolute atomic E-state index is 12.4. The summed E-state index contributed by atoms with van der Waals surface area (Å²) in [5, 5.41) is 27.0. The molecule has 3 aromatic rings. The molecule has 190 valence electrons. The highest BCUT2D eigenvalue weighted by Crippen LogP contribution is 2.10. The third-order valence-corrected chi connectivity index (χ3v) is 5.30. The minimum absolute atomic E-state index is 0.155. The van der Waals surface area contributed by atoms with Crippen LogP contribution in [0.2, 0.25) is 0 Å². The number of ketones is 1. The Morgan fingerprint density at radius 1 is 0.919 bits per heavy atom. The Labute approximate surface area is 215 Å². The van der Waals surface area contributed by atoms with Gasteiger partial charge in [0.15, 0.2) is 5.78 Å². The van der Waals surface area contributed by atoms with Gasteiger partial charge in [0.2, 0.25) is 5.91 Å². The molecule has 0 spiro atoms. The van der Waals surface area contributed by atoms with Crippen LogP contribution in [0, 0.1) is 11.8 Å². The molecule has 1 aromatic heterocycles. The van der Waals surface area contributed by atoms with Crippen molar-refractivity contribution in [2.24, 2.45) is 0 Å². The summed E-state index contributed by atoms with van der Waals surface area (Å²) >= 11 is 0. The van der Waals surface area contributed by atoms with Gasteiger partial charge in [-0.25, -0.2) is 0 Å². The van der Waals surface area contributed by atoms with Gasteiger partial charge >= 0.3 is 0 Å². The highest BCUT2D eigenvalue weighted by atomic mass is 16.3. The number of nitrogens with zero attached hydrogens (tertiary/aromatic N) is 1. The average molecular weight is 501 g/mol. The van der Waals surface area contributed by atoms with Gasteiger partial charge in [-0.3, -0.25) is 19.4 Å². The molecule has 0 unspecified atom stereocenters. The number of carbonyl (C=O) groups is 3. The summed E-state index contributed by atoms with van der Waals surface area (Å²) < 4.78 is 0. The number of pyridine rings is 1. The molecule has 9 heteroatoms. The minimum Gasteiger partial charge on any atom is -0.391 e. The summed E-state index contributed by atoms with van der Waals surface area (Å²) in [7, 11) is 0. The lowest BCUT2D eigenvalue weighted by Crippen LogP contribution is -2.48. The smallest absolute Gasteiger partial charge is 0.251 e. The number of amides is 2. The molecule has 2 atom stereocenters. The van der Waals surface area contributed by atoms with Crippen LogP contribution in [0.4, 0.5) is 5.69 Å². The van der Waals surface area contributed by atoms with Crippen molar-refractivity contribution in [3.8, 4) is 11.8 Å². The summed E-state index contributed by atoms with van der Waals surface area (Å²) in [6.45, 7) is 1.33. The van der Waals surface area contributed by atoms with Crippen LogP contribution in [0.5, 0.6) is 0 Å². The Bertz CT molecular complexity index is 1260. The summed E-state index contributed by atoms with van der Waals surface area (Å²) in [6, 6.07) is 16.2. The van der Waals surface area contributed by atoms with Gasteiger partial charge in [0, 0.05) is 41.3 Å². The fourth-order valence-electron chi connectivity index (χ4n) is 3.31. The molecule has 0 saturated carbocycles. The SMILES string of the molecule is C[C@@H](O)[C@H](NC(=O)c1ccc(C#Cc2ccc(NC(=O)CNCc3ccncc3)cc2)cc1)C(=O)CO. The van der Waals surface area contributed by atoms with Gasteiger partial charge in [0.1, 0.15) is 12.6 Å². The Kier molecular flexibility index (Phi) is 10.0. The highest BCUT2D eigenvalue weighted by molar-refractivity contribution is 5.98. The van der Waals surface area contributed by atoms with Gasteiger partial charge in [-0.15, -0.1) is 0 Å². The zero-order valence-corrected chi connectivity index (χ0v) is 20.3. The lowest BCUT2D eigenvalue weighted by molar-refractivity contribution is -0.125. The molecule has 0 fully saturated rings. The number of nitrogens with one attached hydrogen (secondary N) is 3. The van der Waals surface area contributed by atoms with Crippen molar-refractivity contribution < 1.29 is 24.6 Å². The molecule has 0 aliphatic rings. The number of aromatic nitrogens is 1. The molecule has 0 bridgehead atoms. The molecule has 3 rings (SSSR count). The maximum atomic E-state index is 12.4. The van der Waals surface area contributed by atoms with Crippen molar-refractivity contribution in [3.05, 3.63) is 95.3 Å². The van der Waals surface area contributed by atoms with Crippen LogP contribution >= 0.6 is 0 Å². The fourth-order valence-corrected chi connectivity index (χ4v) is 3.31. The molecular formula is C28H28N4O5. The minimum atomic E-state index is -1.19. The van der Waals surface area contributed by atoms with Crippen LogP contribution in [0.3, 0.4) is 0 Å². The first kappa shape index (κ1) is 27.2. The number of aliphatic hydroxyl groups excluding tert-OH is 2. The van der Waals surface area contributed by atoms with Gasteiger partial charge < -0.3 is 26.2 Å². The summed E-state index contributed by atoms with van der Waals surface area (Å²) in [4.78, 5) is 40.2. The Morgan fingerprint density at radius 2 is 1.51 bits per heavy atom. The molecule has 0 saturated heterocycles. The van der Waals surface area contributed by atoms with E-state index in [0.29, 0.717) is 17.8 Å². The Hall–Kier alpha value is -4.36. The predicted molar refractivity (Wildman–Crippen MR) is 138 cm³/mol. The van der Waals surface area contributed by atoms with Crippen molar-refractivity contribution in [3.63, 3.8) is 0 Å². The topological polar surface area (TPSA) is 141 Å². The molecular weight excluding hydrogens is 472 g/mol. The molecule has 0 aliphatic heterocycles. The number of hydrogen-bond donors (Lipinski definition) is 5. The number of rotatable bonds is 10. The van der Waals surface area contributed by atoms with Crippen molar-refractivity contribution in [1.82, 2.24) is 15.6 Å². The molecule has 37 heavy (non-hydrogen) atoms. The highest BCUT2D eigenvalue weighted by Gasteiger charge is 2.25. The van der Waals surface area contributed by atoms with Crippen LogP contribution in [-0.2, 0) is 16.1 Å². The van der Waals surface area contributed by atoms with Crippen LogP contribution < -0.4 is 16.0 Å². The van der Waals surface area contributed by atoms with Crippen molar-refractivity contribution >= 4 is 23.3 Å². The fraction of sp³-hybridized carbons (Fsp3) is 0.214. The standard InChI is InChI=1S/C28H28N4O5/c1-19(34)27(25(35)18-33)32-28(37)23-8-4-20(5-9-23)2-3-21-6-10-24(11-7-21)31-26(36)17-30-16-22-12-14-29-15-13-22/h4-15,19,27,30,33-34H,16-18H2,1H3,(H,31,36)(H,32,37)/t19-,27+/m1/s1. The van der Waals surface area contributed by atoms with Crippen LogP contribution in [0.25, 0.3) is 0 Å². The lowest BCUT2D eigenvalue weighted by atomic mass is 10.1. The molecule has 9 nitrogen and oxygen atoms in total. The Morgan fingerprint density at radius 3 is 2.08 bits per heavy atom. The normalized spacial score (nSPS) is 12.0. The second-order valence-corrected chi connectivity index (χ2v) is 8.23. The van der Waals surface area contributed by atoms with E-state index in [9.17, 15) is 19.5 Å². The summed E-state index contributed by atoms with van der Waals surface area (Å²) in [6.07, 6.45) is 2.27. The van der Waals surface area contributed by atoms with E-state index in [1.165, 1.54) is 6.92 Å². The molecule has 1 heterocycles. The van der Waals surface area contributed by atoms with E-state index < -0.39 is 30.4 Å². The second-order valence-electron chi connectivity index (χ2n) is 8.23. The van der Waals surface area contributed by atoms with E-state index >= 15 is 0 Å². The van der Waals surface area contributed by atoms with Gasteiger partial charge in [-0.05, 0) is 73.2 Å². The first-order valence-corrected chi connectivity index (χ1v) is 11.6. The quantitative estimate of drug-likeness (QED) is 0.264. The number of anilines is 1. The third kappa shape index (κ3) is 8.66. The van der Waals surface area contributed by atoms with E-state index in [0.717, 1.165) is 11.1 Å². The maximum Gasteiger partial charge on any atom is 0.251 e. The number of benzene rings is 2. The molecule has 0 radical (unpaired) electrons. The van der Waals surface area contributed by atoms with Crippen LogP contribution in [0.15, 0.2) is 73.1 Å². The van der Waals surface area contributed by atoms with Crippen molar-refractivity contribution in [2.75, 3.05) is 18.5 Å². The summed E-state index contributed by atoms with van der Waals surface area (Å²) in [5.74, 6) is 4.66. The van der Waals surface area contributed by atoms with E-state index in [1.807, 2.05) is 12.1 Å². The summed E-state index contributed by atoms with van der Waals surface area (Å²) in [5.41, 5.74) is 3.41. The van der Waals surface area contributed by atoms with E-state index in [4.69, 9.17) is 5.11 Å². The van der Waals surface area contributed by atoms with Crippen LogP contribution in [-0.4, -0.2) is 58.1 Å². The monoisotopic (exact) mass is 500 g/mol. The van der Waals surface area contributed by atoms with Crippen molar-refractivity contribution in [2.45, 2.75) is 25.6 Å². The first-order chi connectivity index (χ1) is 17.9. The first-order valence-electron chi connectivity index (χ1n) is 11.6. The lowest BCUT2D eigenvalue weighted by Gasteiger charge is -2.19. The zero-order valence-electron chi connectivity index (χ0n) is 20.3. The van der Waals surface area contributed by atoms with Gasteiger partial charge in [0.25, 0.3) is 5.91 Å². The van der Waals surface area contributed by atoms with E-state index in [-0.39, 0.29) is 18.0 Å². The predicted octanol–water partition coefficient (Wildman–Crippen LogP) is 1.25. The van der Waals surface area contributed by atoms with E-state index in [1.54, 1.807) is 60.9 Å². The van der Waals surface area contributed by atoms with Gasteiger partial charge in [0.05, 0.1) is 12.6 Å². The van der Waals surface area contributed by atoms with Gasteiger partial charge in [-0.2, -0.15) is 0 Å². The molecule has 2 amide bonds. The molecule has 0 aliphatic carbocycles. The van der Waals surface area contributed by atoms with Gasteiger partial charge in [-0.1, -0.05) is 11.8 Å². The third-order valence-electron chi connectivity index (χ3n) is 5.30.